The minimum absolute atomic E-state index is 0.292. The van der Waals surface area contributed by atoms with E-state index in [0.717, 1.165) is 29.9 Å². The zero-order chi connectivity index (χ0) is 31.6. The molecule has 242 valence electrons. The number of halogens is 6. The number of hydrogen-bond acceptors (Lipinski definition) is 2. The van der Waals surface area contributed by atoms with Gasteiger partial charge in [0, 0.05) is 12.3 Å². The van der Waals surface area contributed by atoms with Gasteiger partial charge in [0.05, 0.1) is 5.56 Å². The smallest absolute Gasteiger partial charge is 0.428 e. The topological polar surface area (TPSA) is 22.1 Å². The van der Waals surface area contributed by atoms with Gasteiger partial charge in [0.2, 0.25) is 0 Å². The number of ether oxygens (including phenoxy) is 1. The van der Waals surface area contributed by atoms with Crippen molar-refractivity contribution in [2.24, 2.45) is 23.7 Å². The lowest BCUT2D eigenvalue weighted by Gasteiger charge is -2.28. The first-order valence-corrected chi connectivity index (χ1v) is 16.3. The summed E-state index contributed by atoms with van der Waals surface area (Å²) in [7, 11) is 0. The van der Waals surface area contributed by atoms with E-state index in [-0.39, 0.29) is 0 Å². The second kappa shape index (κ2) is 16.0. The average Bonchev–Trinajstić information content (AvgIpc) is 2.99. The molecule has 2 saturated carbocycles. The molecule has 0 radical (unpaired) electrons. The Morgan fingerprint density at radius 1 is 0.818 bits per heavy atom. The Morgan fingerprint density at radius 3 is 2.05 bits per heavy atom. The van der Waals surface area contributed by atoms with E-state index in [2.05, 4.69) is 34.9 Å². The van der Waals surface area contributed by atoms with Crippen molar-refractivity contribution in [3.63, 3.8) is 0 Å². The molecule has 1 heterocycles. The van der Waals surface area contributed by atoms with E-state index >= 15 is 0 Å². The van der Waals surface area contributed by atoms with Gasteiger partial charge in [-0.25, -0.2) is 4.39 Å². The van der Waals surface area contributed by atoms with Crippen LogP contribution in [-0.2, 0) is 18.7 Å². The van der Waals surface area contributed by atoms with E-state index in [9.17, 15) is 26.3 Å². The molecule has 2 aromatic rings. The summed E-state index contributed by atoms with van der Waals surface area (Å²) >= 11 is 0. The van der Waals surface area contributed by atoms with Gasteiger partial charge in [-0.15, -0.1) is 0 Å². The SMILES string of the molecule is CCCCCC1CCC(/C=C/C2CCC(C/C=C\Cc3ccc(C(F)(F)Oc4ccc(C(F)(F)F)c(F)c4)nc3)CC2)CC1. The van der Waals surface area contributed by atoms with Crippen LogP contribution in [0.2, 0.25) is 0 Å². The number of unbranched alkanes of at least 4 members (excludes halogenated alkanes) is 2. The summed E-state index contributed by atoms with van der Waals surface area (Å²) in [5.41, 5.74) is -1.53. The predicted octanol–water partition coefficient (Wildman–Crippen LogP) is 11.6. The summed E-state index contributed by atoms with van der Waals surface area (Å²) < 4.78 is 85.4. The first-order chi connectivity index (χ1) is 21.0. The molecule has 0 amide bonds. The fraction of sp³-hybridized carbons (Fsp3) is 0.583. The van der Waals surface area contributed by atoms with Gasteiger partial charge in [0.1, 0.15) is 11.6 Å². The molecule has 8 heteroatoms. The number of nitrogens with zero attached hydrogens (tertiary/aromatic N) is 1. The first kappa shape index (κ1) is 34.1. The summed E-state index contributed by atoms with van der Waals surface area (Å²) in [6.07, 6.45) is 19.1. The highest BCUT2D eigenvalue weighted by Gasteiger charge is 2.38. The Labute approximate surface area is 258 Å². The van der Waals surface area contributed by atoms with Crippen molar-refractivity contribution in [3.8, 4) is 5.75 Å². The fourth-order valence-corrected chi connectivity index (χ4v) is 6.50. The van der Waals surface area contributed by atoms with Gasteiger partial charge in [0.15, 0.2) is 5.69 Å². The largest absolute Gasteiger partial charge is 0.444 e. The van der Waals surface area contributed by atoms with Crippen molar-refractivity contribution in [3.05, 3.63) is 83.5 Å². The summed E-state index contributed by atoms with van der Waals surface area (Å²) in [5.74, 6) is 0.667. The molecule has 2 fully saturated rings. The molecule has 2 aliphatic rings. The molecule has 44 heavy (non-hydrogen) atoms. The van der Waals surface area contributed by atoms with Crippen molar-refractivity contribution in [2.75, 3.05) is 0 Å². The van der Waals surface area contributed by atoms with Crippen LogP contribution in [0.25, 0.3) is 0 Å². The minimum Gasteiger partial charge on any atom is -0.428 e. The highest BCUT2D eigenvalue weighted by Crippen LogP contribution is 2.37. The van der Waals surface area contributed by atoms with Gasteiger partial charge in [-0.2, -0.15) is 22.0 Å². The summed E-state index contributed by atoms with van der Waals surface area (Å²) in [6, 6.07) is 3.93. The molecule has 0 N–H and O–H groups in total. The minimum atomic E-state index is -4.93. The van der Waals surface area contributed by atoms with Gasteiger partial charge in [0.25, 0.3) is 0 Å². The molecular formula is C36H45F6NO. The number of allylic oxidation sites excluding steroid dienone is 4. The van der Waals surface area contributed by atoms with Crippen LogP contribution in [0.15, 0.2) is 60.8 Å². The van der Waals surface area contributed by atoms with E-state index in [1.165, 1.54) is 89.3 Å². The lowest BCUT2D eigenvalue weighted by Crippen LogP contribution is -2.23. The zero-order valence-electron chi connectivity index (χ0n) is 25.6. The second-order valence-corrected chi connectivity index (χ2v) is 12.7. The average molecular weight is 622 g/mol. The highest BCUT2D eigenvalue weighted by atomic mass is 19.4. The highest BCUT2D eigenvalue weighted by molar-refractivity contribution is 5.31. The standard InChI is InChI=1S/C36H45F6NO/c1-2-3-4-7-26-10-14-28(15-11-26)18-19-29-16-12-27(13-17-29)8-5-6-9-30-20-23-34(43-25-30)36(41,42)44-31-21-22-32(33(37)24-31)35(38,39)40/h5-6,18-29H,2-4,7-17H2,1H3/b6-5-,19-18+. The van der Waals surface area contributed by atoms with Gasteiger partial charge >= 0.3 is 12.3 Å². The molecule has 2 nitrogen and oxygen atoms in total. The number of pyridine rings is 1. The van der Waals surface area contributed by atoms with Crippen molar-refractivity contribution < 1.29 is 31.1 Å². The van der Waals surface area contributed by atoms with Gasteiger partial charge < -0.3 is 4.74 Å². The molecule has 0 saturated heterocycles. The molecule has 1 aromatic carbocycles. The molecule has 4 rings (SSSR count). The Kier molecular flexibility index (Phi) is 12.4. The first-order valence-electron chi connectivity index (χ1n) is 16.3. The Morgan fingerprint density at radius 2 is 1.48 bits per heavy atom. The Hall–Kier alpha value is -2.77. The van der Waals surface area contributed by atoms with Crippen LogP contribution in [0.5, 0.6) is 5.75 Å². The molecular weight excluding hydrogens is 576 g/mol. The predicted molar refractivity (Wildman–Crippen MR) is 162 cm³/mol. The Balaban J connectivity index is 1.15. The number of rotatable bonds is 13. The molecule has 0 spiro atoms. The van der Waals surface area contributed by atoms with Gasteiger partial charge in [-0.3, -0.25) is 4.98 Å². The molecule has 0 aliphatic heterocycles. The van der Waals surface area contributed by atoms with Gasteiger partial charge in [-0.05, 0) is 112 Å². The molecule has 0 atom stereocenters. The maximum atomic E-state index is 14.5. The summed E-state index contributed by atoms with van der Waals surface area (Å²) in [6.45, 7) is 2.27. The van der Waals surface area contributed by atoms with E-state index in [4.69, 9.17) is 0 Å². The molecule has 0 bridgehead atoms. The van der Waals surface area contributed by atoms with Crippen LogP contribution in [0.3, 0.4) is 0 Å². The van der Waals surface area contributed by atoms with E-state index in [0.29, 0.717) is 36.5 Å². The molecule has 0 unspecified atom stereocenters. The van der Waals surface area contributed by atoms with E-state index in [1.807, 2.05) is 6.08 Å². The van der Waals surface area contributed by atoms with Crippen molar-refractivity contribution in [1.82, 2.24) is 4.98 Å². The Bertz CT molecular complexity index is 1210. The van der Waals surface area contributed by atoms with Crippen molar-refractivity contribution in [1.29, 1.82) is 0 Å². The summed E-state index contributed by atoms with van der Waals surface area (Å²) in [4.78, 5) is 3.78. The fourth-order valence-electron chi connectivity index (χ4n) is 6.50. The third-order valence-electron chi connectivity index (χ3n) is 9.26. The third kappa shape index (κ3) is 10.4. The number of alkyl halides is 5. The number of aromatic nitrogens is 1. The second-order valence-electron chi connectivity index (χ2n) is 12.7. The zero-order valence-corrected chi connectivity index (χ0v) is 25.6. The van der Waals surface area contributed by atoms with Crippen molar-refractivity contribution >= 4 is 0 Å². The lowest BCUT2D eigenvalue weighted by molar-refractivity contribution is -0.188. The van der Waals surface area contributed by atoms with Crippen LogP contribution in [0, 0.1) is 29.5 Å². The molecule has 1 aromatic heterocycles. The van der Waals surface area contributed by atoms with E-state index < -0.39 is 35.1 Å². The third-order valence-corrected chi connectivity index (χ3v) is 9.26. The summed E-state index contributed by atoms with van der Waals surface area (Å²) in [5, 5.41) is 0. The van der Waals surface area contributed by atoms with Crippen LogP contribution in [0.4, 0.5) is 26.3 Å². The van der Waals surface area contributed by atoms with Crippen molar-refractivity contribution in [2.45, 2.75) is 109 Å². The van der Waals surface area contributed by atoms with Crippen LogP contribution in [0.1, 0.15) is 107 Å². The number of benzene rings is 1. The normalized spacial score (nSPS) is 23.4. The maximum absolute atomic E-state index is 14.5. The number of hydrogen-bond donors (Lipinski definition) is 0. The van der Waals surface area contributed by atoms with Crippen LogP contribution in [-0.4, -0.2) is 4.98 Å². The van der Waals surface area contributed by atoms with E-state index in [1.54, 1.807) is 0 Å². The maximum Gasteiger partial charge on any atom is 0.444 e. The van der Waals surface area contributed by atoms with Crippen LogP contribution >= 0.6 is 0 Å². The van der Waals surface area contributed by atoms with Crippen LogP contribution < -0.4 is 4.74 Å². The monoisotopic (exact) mass is 621 g/mol. The quantitative estimate of drug-likeness (QED) is 0.126. The molecule has 2 aliphatic carbocycles. The van der Waals surface area contributed by atoms with Gasteiger partial charge in [-0.1, -0.05) is 63.0 Å². The lowest BCUT2D eigenvalue weighted by atomic mass is 9.77.